The molecule has 0 spiro atoms. The van der Waals surface area contributed by atoms with E-state index in [1.165, 1.54) is 12.4 Å². The van der Waals surface area contributed by atoms with E-state index in [0.29, 0.717) is 30.1 Å². The first-order valence-corrected chi connectivity index (χ1v) is 11.8. The molecule has 2 aliphatic heterocycles. The van der Waals surface area contributed by atoms with Crippen LogP contribution in [0.5, 0.6) is 0 Å². The van der Waals surface area contributed by atoms with E-state index in [2.05, 4.69) is 20.0 Å². The zero-order valence-electron chi connectivity index (χ0n) is 19.1. The van der Waals surface area contributed by atoms with Gasteiger partial charge in [0.25, 0.3) is 0 Å². The number of benzene rings is 1. The van der Waals surface area contributed by atoms with Crippen molar-refractivity contribution < 1.29 is 9.18 Å². The number of carbonyl (C=O) groups is 1. The molecule has 2 N–H and O–H groups in total. The number of piperidine rings is 1. The van der Waals surface area contributed by atoms with Gasteiger partial charge < -0.3 is 15.5 Å². The van der Waals surface area contributed by atoms with Gasteiger partial charge in [0.1, 0.15) is 24.2 Å². The summed E-state index contributed by atoms with van der Waals surface area (Å²) in [5.41, 5.74) is 10.8. The van der Waals surface area contributed by atoms with Crippen LogP contribution in [0, 0.1) is 5.82 Å². The Labute approximate surface area is 201 Å². The number of amides is 1. The summed E-state index contributed by atoms with van der Waals surface area (Å²) in [5.74, 6) is 0.462. The highest BCUT2D eigenvalue weighted by Crippen LogP contribution is 2.36. The summed E-state index contributed by atoms with van der Waals surface area (Å²) in [4.78, 5) is 30.3. The molecule has 9 nitrogen and oxygen atoms in total. The maximum Gasteiger partial charge on any atom is 0.244 e. The number of pyridine rings is 1. The van der Waals surface area contributed by atoms with Gasteiger partial charge in [-0.25, -0.2) is 19.3 Å². The zero-order chi connectivity index (χ0) is 23.9. The minimum Gasteiger partial charge on any atom is -0.340 e. The number of anilines is 2. The number of fused-ring (bicyclic) bond motifs is 2. The third-order valence-electron chi connectivity index (χ3n) is 6.69. The molecule has 1 atom stereocenters. The Hall–Kier alpha value is -3.92. The van der Waals surface area contributed by atoms with Crippen LogP contribution in [-0.4, -0.2) is 61.2 Å². The lowest BCUT2D eigenvalue weighted by Crippen LogP contribution is -2.46. The molecular weight excluding hydrogens is 447 g/mol. The van der Waals surface area contributed by atoms with Crippen LogP contribution in [0.15, 0.2) is 49.1 Å². The van der Waals surface area contributed by atoms with Crippen molar-refractivity contribution in [3.63, 3.8) is 0 Å². The molecule has 6 rings (SSSR count). The van der Waals surface area contributed by atoms with Crippen molar-refractivity contribution in [1.82, 2.24) is 29.6 Å². The summed E-state index contributed by atoms with van der Waals surface area (Å²) in [6, 6.07) is 8.66. The fourth-order valence-electron chi connectivity index (χ4n) is 4.93. The van der Waals surface area contributed by atoms with E-state index in [1.54, 1.807) is 23.0 Å². The van der Waals surface area contributed by atoms with Gasteiger partial charge in [-0.3, -0.25) is 9.48 Å². The van der Waals surface area contributed by atoms with Crippen LogP contribution >= 0.6 is 0 Å². The first-order chi connectivity index (χ1) is 17.0. The van der Waals surface area contributed by atoms with Gasteiger partial charge in [0.15, 0.2) is 5.82 Å². The monoisotopic (exact) mass is 472 g/mol. The number of halogens is 1. The molecular formula is C25H25FN8O. The normalized spacial score (nSPS) is 17.7. The Kier molecular flexibility index (Phi) is 5.37. The number of aromatic nitrogens is 5. The van der Waals surface area contributed by atoms with E-state index in [-0.39, 0.29) is 24.3 Å². The largest absolute Gasteiger partial charge is 0.340 e. The topological polar surface area (TPSA) is 106 Å². The van der Waals surface area contributed by atoms with Gasteiger partial charge >= 0.3 is 0 Å². The second-order valence-corrected chi connectivity index (χ2v) is 9.10. The van der Waals surface area contributed by atoms with Crippen molar-refractivity contribution in [1.29, 1.82) is 0 Å². The molecule has 0 radical (unpaired) electrons. The minimum absolute atomic E-state index is 0.0149. The number of nitrogens with zero attached hydrogens (tertiary/aromatic N) is 7. The maximum absolute atomic E-state index is 13.7. The van der Waals surface area contributed by atoms with Crippen LogP contribution in [-0.2, 0) is 17.8 Å². The summed E-state index contributed by atoms with van der Waals surface area (Å²) in [6.45, 7) is 2.18. The number of rotatable bonds is 4. The van der Waals surface area contributed by atoms with Crippen molar-refractivity contribution >= 4 is 28.4 Å². The highest BCUT2D eigenvalue weighted by Gasteiger charge is 2.25. The summed E-state index contributed by atoms with van der Waals surface area (Å²) in [7, 11) is 0. The van der Waals surface area contributed by atoms with Gasteiger partial charge in [-0.15, -0.1) is 0 Å². The van der Waals surface area contributed by atoms with E-state index >= 15 is 0 Å². The smallest absolute Gasteiger partial charge is 0.244 e. The lowest BCUT2D eigenvalue weighted by atomic mass is 10.1. The summed E-state index contributed by atoms with van der Waals surface area (Å²) >= 11 is 0. The average Bonchev–Trinajstić information content (AvgIpc) is 3.50. The van der Waals surface area contributed by atoms with Gasteiger partial charge in [-0.2, -0.15) is 5.10 Å². The molecule has 0 saturated carbocycles. The summed E-state index contributed by atoms with van der Waals surface area (Å²) < 4.78 is 15.3. The number of carbonyl (C=O) groups excluding carboxylic acids is 1. The zero-order valence-corrected chi connectivity index (χ0v) is 19.1. The molecule has 5 heterocycles. The van der Waals surface area contributed by atoms with Gasteiger partial charge in [-0.05, 0) is 55.2 Å². The molecule has 35 heavy (non-hydrogen) atoms. The molecule has 0 aliphatic carbocycles. The average molecular weight is 473 g/mol. The Morgan fingerprint density at radius 3 is 2.97 bits per heavy atom. The maximum atomic E-state index is 13.7. The van der Waals surface area contributed by atoms with Crippen LogP contribution in [0.25, 0.3) is 22.3 Å². The second-order valence-electron chi connectivity index (χ2n) is 9.10. The van der Waals surface area contributed by atoms with E-state index < -0.39 is 0 Å². The van der Waals surface area contributed by atoms with Crippen molar-refractivity contribution in [2.45, 2.75) is 31.8 Å². The first-order valence-electron chi connectivity index (χ1n) is 11.8. The number of nitrogens with two attached hydrogens (primary N) is 1. The third kappa shape index (κ3) is 4.10. The molecule has 1 amide bonds. The van der Waals surface area contributed by atoms with E-state index in [4.69, 9.17) is 10.7 Å². The standard InChI is InChI=1S/C25H25FN8O/c26-18-3-6-22-16(10-18)7-9-34(22)25-24-21(28-15-29-25)5-4-20(31-24)17-11-30-33(12-17)14-23(35)32-8-1-2-19(27)13-32/h3-6,10-12,15,19H,1-2,7-9,13-14,27H2/t19-/m0/s1. The molecule has 3 aromatic heterocycles. The molecule has 2 aliphatic rings. The highest BCUT2D eigenvalue weighted by atomic mass is 19.1. The van der Waals surface area contributed by atoms with E-state index in [0.717, 1.165) is 48.1 Å². The molecule has 178 valence electrons. The predicted octanol–water partition coefficient (Wildman–Crippen LogP) is 2.67. The molecule has 1 aromatic carbocycles. The lowest BCUT2D eigenvalue weighted by molar-refractivity contribution is -0.133. The van der Waals surface area contributed by atoms with Gasteiger partial charge in [0.05, 0.1) is 17.4 Å². The van der Waals surface area contributed by atoms with Crippen molar-refractivity contribution in [3.05, 3.63) is 60.4 Å². The first kappa shape index (κ1) is 21.6. The van der Waals surface area contributed by atoms with Gasteiger partial charge in [0, 0.05) is 43.1 Å². The summed E-state index contributed by atoms with van der Waals surface area (Å²) in [5, 5.41) is 4.39. The van der Waals surface area contributed by atoms with Crippen LogP contribution in [0.4, 0.5) is 15.9 Å². The van der Waals surface area contributed by atoms with Crippen LogP contribution in [0.3, 0.4) is 0 Å². The Morgan fingerprint density at radius 2 is 2.09 bits per heavy atom. The van der Waals surface area contributed by atoms with Gasteiger partial charge in [-0.1, -0.05) is 0 Å². The van der Waals surface area contributed by atoms with Gasteiger partial charge in [0.2, 0.25) is 5.91 Å². The van der Waals surface area contributed by atoms with Crippen LogP contribution in [0.1, 0.15) is 18.4 Å². The Bertz CT molecular complexity index is 1420. The van der Waals surface area contributed by atoms with E-state index in [9.17, 15) is 9.18 Å². The molecule has 0 bridgehead atoms. The Morgan fingerprint density at radius 1 is 1.17 bits per heavy atom. The molecule has 1 saturated heterocycles. The summed E-state index contributed by atoms with van der Waals surface area (Å²) in [6.07, 6.45) is 7.68. The van der Waals surface area contributed by atoms with Crippen molar-refractivity contribution in [3.8, 4) is 11.3 Å². The molecule has 0 unspecified atom stereocenters. The minimum atomic E-state index is -0.239. The van der Waals surface area contributed by atoms with E-state index in [1.807, 2.05) is 23.2 Å². The fourth-order valence-corrected chi connectivity index (χ4v) is 4.93. The quantitative estimate of drug-likeness (QED) is 0.487. The molecule has 10 heteroatoms. The highest BCUT2D eigenvalue weighted by molar-refractivity contribution is 5.90. The van der Waals surface area contributed by atoms with Crippen molar-refractivity contribution in [2.24, 2.45) is 5.73 Å². The predicted molar refractivity (Wildman–Crippen MR) is 129 cm³/mol. The van der Waals surface area contributed by atoms with Crippen molar-refractivity contribution in [2.75, 3.05) is 24.5 Å². The molecule has 1 fully saturated rings. The molecule has 4 aromatic rings. The van der Waals surface area contributed by atoms with Crippen LogP contribution in [0.2, 0.25) is 0 Å². The number of hydrogen-bond acceptors (Lipinski definition) is 7. The van der Waals surface area contributed by atoms with Crippen LogP contribution < -0.4 is 10.6 Å². The Balaban J connectivity index is 1.28. The fraction of sp³-hybridized carbons (Fsp3) is 0.320. The third-order valence-corrected chi connectivity index (χ3v) is 6.69. The number of likely N-dealkylation sites (tertiary alicyclic amines) is 1. The second kappa shape index (κ2) is 8.70. The lowest BCUT2D eigenvalue weighted by Gasteiger charge is -2.30. The SMILES string of the molecule is N[C@H]1CCCN(C(=O)Cn2cc(-c3ccc4ncnc(N5CCc6cc(F)ccc65)c4n3)cn2)C1. The number of hydrogen-bond donors (Lipinski definition) is 1.